The van der Waals surface area contributed by atoms with E-state index in [1.807, 2.05) is 24.4 Å². The van der Waals surface area contributed by atoms with Gasteiger partial charge in [0, 0.05) is 32.4 Å². The Labute approximate surface area is 96.4 Å². The molecular formula is C12H19N3O. The van der Waals surface area contributed by atoms with E-state index in [-0.39, 0.29) is 0 Å². The van der Waals surface area contributed by atoms with Crippen molar-refractivity contribution in [3.05, 3.63) is 24.4 Å². The summed E-state index contributed by atoms with van der Waals surface area (Å²) in [5.41, 5.74) is 5.82. The maximum absolute atomic E-state index is 5.82. The van der Waals surface area contributed by atoms with Crippen molar-refractivity contribution in [1.82, 2.24) is 4.98 Å². The zero-order valence-electron chi connectivity index (χ0n) is 9.67. The molecule has 0 saturated carbocycles. The molecule has 1 aromatic rings. The fourth-order valence-electron chi connectivity index (χ4n) is 2.28. The van der Waals surface area contributed by atoms with Crippen LogP contribution in [0, 0.1) is 0 Å². The molecule has 2 unspecified atom stereocenters. The third-order valence-corrected chi connectivity index (χ3v) is 3.22. The van der Waals surface area contributed by atoms with Crippen LogP contribution in [-0.2, 0) is 4.74 Å². The second kappa shape index (κ2) is 5.27. The zero-order valence-corrected chi connectivity index (χ0v) is 9.67. The summed E-state index contributed by atoms with van der Waals surface area (Å²) in [5, 5.41) is 0. The number of pyridine rings is 1. The topological polar surface area (TPSA) is 51.4 Å². The van der Waals surface area contributed by atoms with Gasteiger partial charge in [-0.05, 0) is 25.0 Å². The molecule has 0 amide bonds. The maximum Gasteiger partial charge on any atom is 0.128 e. The Morgan fingerprint density at radius 2 is 2.44 bits per heavy atom. The van der Waals surface area contributed by atoms with Crippen LogP contribution in [0.4, 0.5) is 5.82 Å². The van der Waals surface area contributed by atoms with E-state index in [2.05, 4.69) is 9.88 Å². The first-order chi connectivity index (χ1) is 7.85. The maximum atomic E-state index is 5.82. The number of nitrogens with zero attached hydrogens (tertiary/aromatic N) is 2. The van der Waals surface area contributed by atoms with Crippen molar-refractivity contribution in [3.63, 3.8) is 0 Å². The molecule has 1 fully saturated rings. The van der Waals surface area contributed by atoms with Crippen LogP contribution in [0.1, 0.15) is 12.8 Å². The van der Waals surface area contributed by atoms with Crippen molar-refractivity contribution < 1.29 is 4.74 Å². The lowest BCUT2D eigenvalue weighted by molar-refractivity contribution is 0.0708. The monoisotopic (exact) mass is 221 g/mol. The number of hydrogen-bond donors (Lipinski definition) is 1. The molecule has 88 valence electrons. The second-order valence-electron chi connectivity index (χ2n) is 4.15. The van der Waals surface area contributed by atoms with Crippen molar-refractivity contribution in [3.8, 4) is 0 Å². The van der Waals surface area contributed by atoms with Gasteiger partial charge in [-0.25, -0.2) is 4.98 Å². The summed E-state index contributed by atoms with van der Waals surface area (Å²) in [6, 6.07) is 6.32. The quantitative estimate of drug-likeness (QED) is 0.828. The molecule has 1 saturated heterocycles. The number of ether oxygens (including phenoxy) is 1. The molecule has 2 heterocycles. The summed E-state index contributed by atoms with van der Waals surface area (Å²) in [6.45, 7) is 1.62. The van der Waals surface area contributed by atoms with E-state index in [0.717, 1.165) is 25.2 Å². The van der Waals surface area contributed by atoms with E-state index in [1.165, 1.54) is 0 Å². The van der Waals surface area contributed by atoms with Crippen LogP contribution in [0.15, 0.2) is 24.4 Å². The van der Waals surface area contributed by atoms with Gasteiger partial charge in [-0.3, -0.25) is 0 Å². The van der Waals surface area contributed by atoms with Crippen molar-refractivity contribution in [2.75, 3.05) is 25.1 Å². The van der Waals surface area contributed by atoms with E-state index in [1.54, 1.807) is 7.11 Å². The molecule has 2 N–H and O–H groups in total. The molecule has 0 bridgehead atoms. The number of piperidine rings is 1. The Hall–Kier alpha value is -1.13. The number of aromatic nitrogens is 1. The minimum atomic E-state index is 0.341. The molecule has 4 nitrogen and oxygen atoms in total. The van der Waals surface area contributed by atoms with Crippen molar-refractivity contribution >= 4 is 5.82 Å². The lowest BCUT2D eigenvalue weighted by Crippen LogP contribution is -2.49. The van der Waals surface area contributed by atoms with Gasteiger partial charge in [-0.1, -0.05) is 6.07 Å². The van der Waals surface area contributed by atoms with E-state index in [4.69, 9.17) is 10.5 Å². The van der Waals surface area contributed by atoms with Gasteiger partial charge in [-0.2, -0.15) is 0 Å². The Morgan fingerprint density at radius 1 is 1.56 bits per heavy atom. The van der Waals surface area contributed by atoms with Crippen LogP contribution in [0.3, 0.4) is 0 Å². The highest BCUT2D eigenvalue weighted by molar-refractivity contribution is 5.40. The van der Waals surface area contributed by atoms with Crippen LogP contribution in [-0.4, -0.2) is 37.3 Å². The number of hydrogen-bond acceptors (Lipinski definition) is 4. The SMILES string of the molecule is COC1CCN(c2ccccn2)C(CN)C1. The molecular weight excluding hydrogens is 202 g/mol. The smallest absolute Gasteiger partial charge is 0.128 e. The fraction of sp³-hybridized carbons (Fsp3) is 0.583. The van der Waals surface area contributed by atoms with Crippen LogP contribution < -0.4 is 10.6 Å². The minimum Gasteiger partial charge on any atom is -0.381 e. The summed E-state index contributed by atoms with van der Waals surface area (Å²) >= 11 is 0. The van der Waals surface area contributed by atoms with Gasteiger partial charge < -0.3 is 15.4 Å². The molecule has 2 rings (SSSR count). The predicted octanol–water partition coefficient (Wildman–Crippen LogP) is 1.02. The van der Waals surface area contributed by atoms with Gasteiger partial charge in [0.25, 0.3) is 0 Å². The standard InChI is InChI=1S/C12H19N3O/c1-16-11-5-7-15(10(8-11)9-13)12-4-2-3-6-14-12/h2-4,6,10-11H,5,7-9,13H2,1H3. The highest BCUT2D eigenvalue weighted by atomic mass is 16.5. The molecule has 4 heteroatoms. The number of anilines is 1. The fourth-order valence-corrected chi connectivity index (χ4v) is 2.28. The normalized spacial score (nSPS) is 25.8. The van der Waals surface area contributed by atoms with Crippen molar-refractivity contribution in [1.29, 1.82) is 0 Å². The largest absolute Gasteiger partial charge is 0.381 e. The van der Waals surface area contributed by atoms with E-state index < -0.39 is 0 Å². The average Bonchev–Trinajstić information content (AvgIpc) is 2.39. The van der Waals surface area contributed by atoms with Crippen LogP contribution in [0.2, 0.25) is 0 Å². The molecule has 0 radical (unpaired) electrons. The molecule has 2 atom stereocenters. The molecule has 0 spiro atoms. The number of nitrogens with two attached hydrogens (primary N) is 1. The van der Waals surface area contributed by atoms with Crippen LogP contribution in [0.25, 0.3) is 0 Å². The first kappa shape index (κ1) is 11.4. The van der Waals surface area contributed by atoms with Gasteiger partial charge in [0.05, 0.1) is 6.10 Å². The van der Waals surface area contributed by atoms with Gasteiger partial charge in [-0.15, -0.1) is 0 Å². The first-order valence-corrected chi connectivity index (χ1v) is 5.75. The van der Waals surface area contributed by atoms with Gasteiger partial charge >= 0.3 is 0 Å². The van der Waals surface area contributed by atoms with Gasteiger partial charge in [0.1, 0.15) is 5.82 Å². The Kier molecular flexibility index (Phi) is 3.74. The van der Waals surface area contributed by atoms with Crippen LogP contribution in [0.5, 0.6) is 0 Å². The number of methoxy groups -OCH3 is 1. The van der Waals surface area contributed by atoms with E-state index in [0.29, 0.717) is 18.7 Å². The summed E-state index contributed by atoms with van der Waals surface area (Å²) in [7, 11) is 1.77. The average molecular weight is 221 g/mol. The molecule has 1 aliphatic rings. The Balaban J connectivity index is 2.10. The van der Waals surface area contributed by atoms with Crippen molar-refractivity contribution in [2.24, 2.45) is 5.73 Å². The van der Waals surface area contributed by atoms with Crippen LogP contribution >= 0.6 is 0 Å². The summed E-state index contributed by atoms with van der Waals surface area (Å²) in [5.74, 6) is 1.02. The Bertz CT molecular complexity index is 317. The summed E-state index contributed by atoms with van der Waals surface area (Å²) in [4.78, 5) is 6.67. The minimum absolute atomic E-state index is 0.341. The lowest BCUT2D eigenvalue weighted by atomic mass is 9.99. The second-order valence-corrected chi connectivity index (χ2v) is 4.15. The lowest BCUT2D eigenvalue weighted by Gasteiger charge is -2.39. The third kappa shape index (κ3) is 2.33. The van der Waals surface area contributed by atoms with E-state index in [9.17, 15) is 0 Å². The molecule has 0 aliphatic carbocycles. The highest BCUT2D eigenvalue weighted by Crippen LogP contribution is 2.23. The molecule has 1 aromatic heterocycles. The third-order valence-electron chi connectivity index (χ3n) is 3.22. The molecule has 0 aromatic carbocycles. The van der Waals surface area contributed by atoms with Crippen molar-refractivity contribution in [2.45, 2.75) is 25.0 Å². The van der Waals surface area contributed by atoms with Gasteiger partial charge in [0.15, 0.2) is 0 Å². The number of rotatable bonds is 3. The first-order valence-electron chi connectivity index (χ1n) is 5.75. The zero-order chi connectivity index (χ0) is 11.4. The van der Waals surface area contributed by atoms with E-state index >= 15 is 0 Å². The Morgan fingerprint density at radius 3 is 3.06 bits per heavy atom. The summed E-state index contributed by atoms with van der Waals surface area (Å²) < 4.78 is 5.40. The highest BCUT2D eigenvalue weighted by Gasteiger charge is 2.27. The predicted molar refractivity (Wildman–Crippen MR) is 64.5 cm³/mol. The van der Waals surface area contributed by atoms with Gasteiger partial charge in [0.2, 0.25) is 0 Å². The summed E-state index contributed by atoms with van der Waals surface area (Å²) in [6.07, 6.45) is 4.20. The molecule has 1 aliphatic heterocycles. The molecule has 16 heavy (non-hydrogen) atoms.